The predicted molar refractivity (Wildman–Crippen MR) is 94.0 cm³/mol. The van der Waals surface area contributed by atoms with E-state index in [0.29, 0.717) is 5.76 Å². The lowest BCUT2D eigenvalue weighted by molar-refractivity contribution is -0.137. The Hall–Kier alpha value is -2.80. The Morgan fingerprint density at radius 3 is 2.56 bits per heavy atom. The second-order valence-electron chi connectivity index (χ2n) is 5.12. The Bertz CT molecular complexity index is 863. The molecule has 0 spiro atoms. The summed E-state index contributed by atoms with van der Waals surface area (Å²) >= 11 is 0. The summed E-state index contributed by atoms with van der Waals surface area (Å²) in [5.41, 5.74) is 1.01. The molecule has 0 radical (unpaired) electrons. The SMILES string of the molecule is CCOC(=O)/C=C(/C=C\c1ccco1)NS(=O)(=O)c1ccc(C)cc1. The maximum Gasteiger partial charge on any atom is 0.332 e. The summed E-state index contributed by atoms with van der Waals surface area (Å²) in [6.45, 7) is 3.72. The minimum atomic E-state index is -3.84. The van der Waals surface area contributed by atoms with Gasteiger partial charge in [0.25, 0.3) is 10.0 Å². The summed E-state index contributed by atoms with van der Waals surface area (Å²) in [7, 11) is -3.84. The molecule has 2 rings (SSSR count). The minimum Gasteiger partial charge on any atom is -0.465 e. The van der Waals surface area contributed by atoms with Gasteiger partial charge in [-0.2, -0.15) is 0 Å². The molecule has 0 aliphatic rings. The number of carbonyl (C=O) groups is 1. The van der Waals surface area contributed by atoms with Crippen molar-refractivity contribution in [2.75, 3.05) is 6.61 Å². The molecular weight excluding hydrogens is 342 g/mol. The number of rotatable bonds is 7. The number of sulfonamides is 1. The maximum absolute atomic E-state index is 12.5. The molecule has 1 aromatic carbocycles. The summed E-state index contributed by atoms with van der Waals surface area (Å²) in [6.07, 6.45) is 5.55. The van der Waals surface area contributed by atoms with E-state index >= 15 is 0 Å². The Morgan fingerprint density at radius 2 is 1.96 bits per heavy atom. The van der Waals surface area contributed by atoms with Crippen molar-refractivity contribution in [1.29, 1.82) is 0 Å². The number of furan rings is 1. The van der Waals surface area contributed by atoms with Gasteiger partial charge in [-0.05, 0) is 50.3 Å². The van der Waals surface area contributed by atoms with Gasteiger partial charge in [-0.3, -0.25) is 4.72 Å². The summed E-state index contributed by atoms with van der Waals surface area (Å²) in [4.78, 5) is 11.8. The average molecular weight is 361 g/mol. The molecule has 0 saturated carbocycles. The molecule has 0 atom stereocenters. The largest absolute Gasteiger partial charge is 0.465 e. The lowest BCUT2D eigenvalue weighted by Gasteiger charge is -2.09. The van der Waals surface area contributed by atoms with Crippen molar-refractivity contribution in [3.8, 4) is 0 Å². The van der Waals surface area contributed by atoms with Gasteiger partial charge in [-0.1, -0.05) is 17.7 Å². The van der Waals surface area contributed by atoms with Crippen LogP contribution in [0.3, 0.4) is 0 Å². The highest BCUT2D eigenvalue weighted by molar-refractivity contribution is 7.89. The molecular formula is C18H19NO5S. The molecule has 7 heteroatoms. The van der Waals surface area contributed by atoms with Gasteiger partial charge in [-0.25, -0.2) is 13.2 Å². The second-order valence-corrected chi connectivity index (χ2v) is 6.80. The number of ether oxygens (including phenoxy) is 1. The van der Waals surface area contributed by atoms with Gasteiger partial charge in [0.1, 0.15) is 5.76 Å². The van der Waals surface area contributed by atoms with Crippen LogP contribution in [0.1, 0.15) is 18.2 Å². The number of nitrogens with one attached hydrogen (secondary N) is 1. The van der Waals surface area contributed by atoms with Crippen LogP contribution in [-0.2, 0) is 19.6 Å². The van der Waals surface area contributed by atoms with Gasteiger partial charge >= 0.3 is 5.97 Å². The van der Waals surface area contributed by atoms with Gasteiger partial charge in [0.2, 0.25) is 0 Å². The fraction of sp³-hybridized carbons (Fsp3) is 0.167. The number of carbonyl (C=O) groups excluding carboxylic acids is 1. The van der Waals surface area contributed by atoms with E-state index in [1.807, 2.05) is 6.92 Å². The summed E-state index contributed by atoms with van der Waals surface area (Å²) in [5.74, 6) is -0.127. The zero-order valence-corrected chi connectivity index (χ0v) is 14.7. The van der Waals surface area contributed by atoms with E-state index in [9.17, 15) is 13.2 Å². The first-order chi connectivity index (χ1) is 11.9. The molecule has 6 nitrogen and oxygen atoms in total. The molecule has 0 unspecified atom stereocenters. The van der Waals surface area contributed by atoms with Crippen LogP contribution < -0.4 is 4.72 Å². The molecule has 1 heterocycles. The number of esters is 1. The third-order valence-electron chi connectivity index (χ3n) is 3.11. The molecule has 0 bridgehead atoms. The Morgan fingerprint density at radius 1 is 1.24 bits per heavy atom. The lowest BCUT2D eigenvalue weighted by atomic mass is 10.2. The van der Waals surface area contributed by atoms with Crippen molar-refractivity contribution >= 4 is 22.1 Å². The van der Waals surface area contributed by atoms with Gasteiger partial charge < -0.3 is 9.15 Å². The molecule has 0 amide bonds. The van der Waals surface area contributed by atoms with Crippen LogP contribution in [0.2, 0.25) is 0 Å². The Balaban J connectivity index is 2.28. The van der Waals surface area contributed by atoms with E-state index in [2.05, 4.69) is 4.72 Å². The Labute approximate surface area is 146 Å². The number of allylic oxidation sites excluding steroid dienone is 1. The number of benzene rings is 1. The standard InChI is InChI=1S/C18H19NO5S/c1-3-23-18(20)13-15(8-9-16-5-4-12-24-16)19-25(21,22)17-10-6-14(2)7-11-17/h4-13,19H,3H2,1-2H3/b9-8-,15-13-. The topological polar surface area (TPSA) is 85.6 Å². The number of aryl methyl sites for hydroxylation is 1. The highest BCUT2D eigenvalue weighted by atomic mass is 32.2. The van der Waals surface area contributed by atoms with E-state index in [-0.39, 0.29) is 17.2 Å². The van der Waals surface area contributed by atoms with Crippen molar-refractivity contribution in [3.05, 3.63) is 71.8 Å². The zero-order valence-electron chi connectivity index (χ0n) is 13.9. The van der Waals surface area contributed by atoms with Gasteiger partial charge in [0.15, 0.2) is 0 Å². The van der Waals surface area contributed by atoms with Crippen LogP contribution in [0.4, 0.5) is 0 Å². The smallest absolute Gasteiger partial charge is 0.332 e. The molecule has 0 saturated heterocycles. The third-order valence-corrected chi connectivity index (χ3v) is 4.51. The molecule has 2 aromatic rings. The van der Waals surface area contributed by atoms with E-state index in [1.54, 1.807) is 37.3 Å². The van der Waals surface area contributed by atoms with Crippen molar-refractivity contribution in [1.82, 2.24) is 4.72 Å². The fourth-order valence-corrected chi connectivity index (χ4v) is 2.96. The molecule has 0 aliphatic carbocycles. The molecule has 0 fully saturated rings. The third kappa shape index (κ3) is 5.65. The van der Waals surface area contributed by atoms with Crippen LogP contribution in [0.25, 0.3) is 6.08 Å². The zero-order chi connectivity index (χ0) is 18.3. The van der Waals surface area contributed by atoms with E-state index in [1.165, 1.54) is 24.5 Å². The minimum absolute atomic E-state index is 0.0652. The summed E-state index contributed by atoms with van der Waals surface area (Å²) in [6, 6.07) is 9.79. The predicted octanol–water partition coefficient (Wildman–Crippen LogP) is 3.03. The highest BCUT2D eigenvalue weighted by Gasteiger charge is 2.15. The highest BCUT2D eigenvalue weighted by Crippen LogP contribution is 2.13. The number of hydrogen-bond donors (Lipinski definition) is 1. The van der Waals surface area contributed by atoms with Crippen LogP contribution in [0, 0.1) is 6.92 Å². The molecule has 0 aliphatic heterocycles. The molecule has 1 N–H and O–H groups in total. The first kappa shape index (κ1) is 18.5. The first-order valence-corrected chi connectivity index (χ1v) is 9.08. The van der Waals surface area contributed by atoms with Crippen LogP contribution in [0.15, 0.2) is 69.8 Å². The lowest BCUT2D eigenvalue weighted by Crippen LogP contribution is -2.23. The molecule has 132 valence electrons. The quantitative estimate of drug-likeness (QED) is 0.465. The molecule has 1 aromatic heterocycles. The van der Waals surface area contributed by atoms with Crippen LogP contribution >= 0.6 is 0 Å². The van der Waals surface area contributed by atoms with E-state index < -0.39 is 16.0 Å². The van der Waals surface area contributed by atoms with Gasteiger partial charge in [-0.15, -0.1) is 0 Å². The van der Waals surface area contributed by atoms with Gasteiger partial charge in [0, 0.05) is 6.08 Å². The van der Waals surface area contributed by atoms with Crippen molar-refractivity contribution in [2.24, 2.45) is 0 Å². The van der Waals surface area contributed by atoms with E-state index in [0.717, 1.165) is 11.6 Å². The average Bonchev–Trinajstić information content (AvgIpc) is 3.06. The van der Waals surface area contributed by atoms with Crippen LogP contribution in [0.5, 0.6) is 0 Å². The molecule has 25 heavy (non-hydrogen) atoms. The van der Waals surface area contributed by atoms with Crippen molar-refractivity contribution < 1.29 is 22.4 Å². The van der Waals surface area contributed by atoms with Crippen LogP contribution in [-0.4, -0.2) is 21.0 Å². The monoisotopic (exact) mass is 361 g/mol. The Kier molecular flexibility index (Phi) is 6.19. The summed E-state index contributed by atoms with van der Waals surface area (Å²) in [5, 5.41) is 0. The van der Waals surface area contributed by atoms with Gasteiger partial charge in [0.05, 0.1) is 23.5 Å². The van der Waals surface area contributed by atoms with Crippen molar-refractivity contribution in [2.45, 2.75) is 18.7 Å². The maximum atomic E-state index is 12.5. The first-order valence-electron chi connectivity index (χ1n) is 7.60. The normalized spacial score (nSPS) is 12.3. The second kappa shape index (κ2) is 8.34. The van der Waals surface area contributed by atoms with Crippen molar-refractivity contribution in [3.63, 3.8) is 0 Å². The fourth-order valence-electron chi connectivity index (χ4n) is 1.91. The summed E-state index contributed by atoms with van der Waals surface area (Å²) < 4.78 is 37.4. The van der Waals surface area contributed by atoms with E-state index in [4.69, 9.17) is 9.15 Å². The number of hydrogen-bond acceptors (Lipinski definition) is 5.